The van der Waals surface area contributed by atoms with Crippen LogP contribution in [0.5, 0.6) is 5.88 Å². The summed E-state index contributed by atoms with van der Waals surface area (Å²) >= 11 is 0. The van der Waals surface area contributed by atoms with E-state index < -0.39 is 0 Å². The number of methoxy groups -OCH3 is 1. The summed E-state index contributed by atoms with van der Waals surface area (Å²) in [5.41, 5.74) is 2.12. The van der Waals surface area contributed by atoms with Crippen LogP contribution < -0.4 is 10.1 Å². The Morgan fingerprint density at radius 1 is 1.16 bits per heavy atom. The second-order valence-electron chi connectivity index (χ2n) is 5.45. The summed E-state index contributed by atoms with van der Waals surface area (Å²) in [5.74, 6) is -0.152. The Hall–Kier alpha value is -3.15. The minimum absolute atomic E-state index is 0.248. The monoisotopic (exact) mass is 339 g/mol. The number of benzene rings is 2. The van der Waals surface area contributed by atoms with Gasteiger partial charge in [0.15, 0.2) is 0 Å². The maximum atomic E-state index is 12.9. The van der Waals surface area contributed by atoms with Crippen molar-refractivity contribution in [2.75, 3.05) is 13.7 Å². The van der Waals surface area contributed by atoms with Gasteiger partial charge in [0, 0.05) is 12.6 Å². The molecule has 1 N–H and O–H groups in total. The Morgan fingerprint density at radius 2 is 1.88 bits per heavy atom. The van der Waals surface area contributed by atoms with Crippen molar-refractivity contribution in [3.63, 3.8) is 0 Å². The van der Waals surface area contributed by atoms with Crippen LogP contribution in [0.1, 0.15) is 16.1 Å². The maximum Gasteiger partial charge on any atom is 0.270 e. The first-order chi connectivity index (χ1) is 12.2. The first-order valence-electron chi connectivity index (χ1n) is 7.89. The molecule has 0 unspecified atom stereocenters. The largest absolute Gasteiger partial charge is 0.480 e. The molecule has 1 amide bonds. The van der Waals surface area contributed by atoms with Gasteiger partial charge in [-0.1, -0.05) is 30.3 Å². The van der Waals surface area contributed by atoms with Gasteiger partial charge >= 0.3 is 0 Å². The highest BCUT2D eigenvalue weighted by Crippen LogP contribution is 2.17. The van der Waals surface area contributed by atoms with Crippen LogP contribution in [0.15, 0.2) is 60.7 Å². The fraction of sp³-hybridized carbons (Fsp3) is 0.158. The first kappa shape index (κ1) is 16.7. The quantitative estimate of drug-likeness (QED) is 0.751. The molecule has 3 rings (SSSR count). The number of hydrogen-bond donors (Lipinski definition) is 1. The van der Waals surface area contributed by atoms with E-state index in [1.54, 1.807) is 22.9 Å². The van der Waals surface area contributed by atoms with Gasteiger partial charge in [-0.2, -0.15) is 0 Å². The molecule has 0 saturated carbocycles. The van der Waals surface area contributed by atoms with Gasteiger partial charge in [-0.3, -0.25) is 4.79 Å². The summed E-state index contributed by atoms with van der Waals surface area (Å²) < 4.78 is 19.6. The van der Waals surface area contributed by atoms with Crippen molar-refractivity contribution in [3.8, 4) is 11.6 Å². The molecule has 0 spiro atoms. The molecule has 0 aliphatic carbocycles. The van der Waals surface area contributed by atoms with E-state index in [0.29, 0.717) is 24.5 Å². The third-order valence-corrected chi connectivity index (χ3v) is 3.74. The van der Waals surface area contributed by atoms with Gasteiger partial charge in [0.1, 0.15) is 11.5 Å². The predicted molar refractivity (Wildman–Crippen MR) is 92.6 cm³/mol. The van der Waals surface area contributed by atoms with Gasteiger partial charge in [0.05, 0.1) is 12.8 Å². The zero-order chi connectivity index (χ0) is 17.6. The van der Waals surface area contributed by atoms with Crippen LogP contribution >= 0.6 is 0 Å². The van der Waals surface area contributed by atoms with Gasteiger partial charge in [0.25, 0.3) is 5.91 Å². The third-order valence-electron chi connectivity index (χ3n) is 3.74. The summed E-state index contributed by atoms with van der Waals surface area (Å²) in [6.07, 6.45) is 0.614. The minimum atomic E-state index is -0.272. The Bertz CT molecular complexity index is 845. The first-order valence-corrected chi connectivity index (χ1v) is 7.89. The van der Waals surface area contributed by atoms with Gasteiger partial charge in [-0.15, -0.1) is 5.10 Å². The van der Waals surface area contributed by atoms with Crippen LogP contribution in [0.2, 0.25) is 0 Å². The molecule has 2 aromatic carbocycles. The molecule has 1 aromatic heterocycles. The summed E-state index contributed by atoms with van der Waals surface area (Å²) in [6, 6.07) is 17.2. The second-order valence-corrected chi connectivity index (χ2v) is 5.45. The van der Waals surface area contributed by atoms with E-state index in [4.69, 9.17) is 4.74 Å². The minimum Gasteiger partial charge on any atom is -0.480 e. The Kier molecular flexibility index (Phi) is 5.09. The van der Waals surface area contributed by atoms with Crippen molar-refractivity contribution in [3.05, 3.63) is 77.7 Å². The third kappa shape index (κ3) is 4.03. The van der Waals surface area contributed by atoms with Crippen LogP contribution in [0, 0.1) is 5.82 Å². The van der Waals surface area contributed by atoms with E-state index in [9.17, 15) is 9.18 Å². The van der Waals surface area contributed by atoms with Gasteiger partial charge < -0.3 is 10.1 Å². The number of para-hydroxylation sites is 1. The smallest absolute Gasteiger partial charge is 0.270 e. The number of ether oxygens (including phenoxy) is 1. The molecule has 0 aliphatic rings. The zero-order valence-corrected chi connectivity index (χ0v) is 13.8. The lowest BCUT2D eigenvalue weighted by molar-refractivity contribution is 0.0946. The van der Waals surface area contributed by atoms with Crippen molar-refractivity contribution >= 4 is 5.91 Å². The summed E-state index contributed by atoms with van der Waals surface area (Å²) in [4.78, 5) is 12.5. The van der Waals surface area contributed by atoms with Crippen LogP contribution in [0.3, 0.4) is 0 Å². The summed E-state index contributed by atoms with van der Waals surface area (Å²) in [7, 11) is 1.51. The Balaban J connectivity index is 1.71. The van der Waals surface area contributed by atoms with E-state index in [1.165, 1.54) is 19.2 Å². The molecule has 0 saturated heterocycles. The number of aromatic nitrogens is 2. The average molecular weight is 339 g/mol. The average Bonchev–Trinajstić information content (AvgIpc) is 3.09. The van der Waals surface area contributed by atoms with Crippen LogP contribution in [-0.4, -0.2) is 29.3 Å². The summed E-state index contributed by atoms with van der Waals surface area (Å²) in [6.45, 7) is 0.437. The van der Waals surface area contributed by atoms with Crippen molar-refractivity contribution in [1.29, 1.82) is 0 Å². The molecule has 0 fully saturated rings. The summed E-state index contributed by atoms with van der Waals surface area (Å²) in [5, 5.41) is 7.15. The molecular formula is C19H18FN3O2. The van der Waals surface area contributed by atoms with Gasteiger partial charge in [-0.05, 0) is 36.2 Å². The molecule has 128 valence electrons. The van der Waals surface area contributed by atoms with E-state index in [-0.39, 0.29) is 11.7 Å². The molecule has 6 heteroatoms. The van der Waals surface area contributed by atoms with Crippen molar-refractivity contribution < 1.29 is 13.9 Å². The molecule has 25 heavy (non-hydrogen) atoms. The predicted octanol–water partition coefficient (Wildman–Crippen LogP) is 2.99. The number of hydrogen-bond acceptors (Lipinski definition) is 3. The second kappa shape index (κ2) is 7.61. The fourth-order valence-corrected chi connectivity index (χ4v) is 2.45. The lowest BCUT2D eigenvalue weighted by Gasteiger charge is -2.08. The highest BCUT2D eigenvalue weighted by Gasteiger charge is 2.16. The maximum absolute atomic E-state index is 12.9. The highest BCUT2D eigenvalue weighted by molar-refractivity contribution is 5.93. The van der Waals surface area contributed by atoms with Gasteiger partial charge in [0.2, 0.25) is 5.88 Å². The number of halogens is 1. The van der Waals surface area contributed by atoms with E-state index in [1.807, 2.05) is 30.3 Å². The van der Waals surface area contributed by atoms with Gasteiger partial charge in [-0.25, -0.2) is 9.07 Å². The topological polar surface area (TPSA) is 56.1 Å². The molecule has 0 radical (unpaired) electrons. The van der Waals surface area contributed by atoms with Crippen molar-refractivity contribution in [1.82, 2.24) is 15.1 Å². The molecule has 0 atom stereocenters. The number of carbonyl (C=O) groups excluding carboxylic acids is 1. The number of amides is 1. The van der Waals surface area contributed by atoms with Crippen LogP contribution in [-0.2, 0) is 6.42 Å². The highest BCUT2D eigenvalue weighted by atomic mass is 19.1. The zero-order valence-electron chi connectivity index (χ0n) is 13.8. The SMILES string of the molecule is COc1cc(C(=O)NCCc2ccc(F)cc2)n(-c2ccccc2)n1. The standard InChI is InChI=1S/C19H18FN3O2/c1-25-18-13-17(23(22-18)16-5-3-2-4-6-16)19(24)21-12-11-14-7-9-15(20)10-8-14/h2-10,13H,11-12H2,1H3,(H,21,24). The van der Waals surface area contributed by atoms with Crippen LogP contribution in [0.4, 0.5) is 4.39 Å². The number of nitrogens with zero attached hydrogens (tertiary/aromatic N) is 2. The van der Waals surface area contributed by atoms with E-state index in [0.717, 1.165) is 11.3 Å². The van der Waals surface area contributed by atoms with Crippen molar-refractivity contribution in [2.24, 2.45) is 0 Å². The molecule has 1 heterocycles. The van der Waals surface area contributed by atoms with E-state index >= 15 is 0 Å². The Morgan fingerprint density at radius 3 is 2.56 bits per heavy atom. The lowest BCUT2D eigenvalue weighted by atomic mass is 10.1. The van der Waals surface area contributed by atoms with E-state index in [2.05, 4.69) is 10.4 Å². The van der Waals surface area contributed by atoms with Crippen LogP contribution in [0.25, 0.3) is 5.69 Å². The normalized spacial score (nSPS) is 10.5. The fourth-order valence-electron chi connectivity index (χ4n) is 2.45. The Labute approximate surface area is 145 Å². The number of rotatable bonds is 6. The molecular weight excluding hydrogens is 321 g/mol. The molecule has 5 nitrogen and oxygen atoms in total. The molecule has 0 aliphatic heterocycles. The number of nitrogens with one attached hydrogen (secondary N) is 1. The molecule has 3 aromatic rings. The van der Waals surface area contributed by atoms with Crippen molar-refractivity contribution in [2.45, 2.75) is 6.42 Å². The molecule has 0 bridgehead atoms. The number of carbonyl (C=O) groups is 1. The lowest BCUT2D eigenvalue weighted by Crippen LogP contribution is -2.27.